The summed E-state index contributed by atoms with van der Waals surface area (Å²) in [6.07, 6.45) is 4.13. The minimum atomic E-state index is -1.02. The molecule has 0 radical (unpaired) electrons. The predicted molar refractivity (Wildman–Crippen MR) is 68.0 cm³/mol. The van der Waals surface area contributed by atoms with Gasteiger partial charge in [0.05, 0.1) is 12.7 Å². The number of carboxylic acid groups (broad SMARTS) is 1. The molecule has 0 amide bonds. The van der Waals surface area contributed by atoms with Crippen LogP contribution >= 0.6 is 0 Å². The first kappa shape index (κ1) is 12.6. The van der Waals surface area contributed by atoms with Crippen LogP contribution in [0, 0.1) is 0 Å². The highest BCUT2D eigenvalue weighted by Crippen LogP contribution is 2.21. The largest absolute Gasteiger partial charge is 0.476 e. The molecule has 1 aromatic rings. The van der Waals surface area contributed by atoms with E-state index in [2.05, 4.69) is 20.1 Å². The van der Waals surface area contributed by atoms with E-state index >= 15 is 0 Å². The third-order valence-corrected chi connectivity index (χ3v) is 4.07. The molecule has 0 spiro atoms. The van der Waals surface area contributed by atoms with Gasteiger partial charge in [-0.2, -0.15) is 0 Å². The van der Waals surface area contributed by atoms with Crippen molar-refractivity contribution in [3.63, 3.8) is 0 Å². The second kappa shape index (κ2) is 5.26. The van der Waals surface area contributed by atoms with Gasteiger partial charge in [0.25, 0.3) is 0 Å². The fourth-order valence-corrected chi connectivity index (χ4v) is 3.01. The van der Waals surface area contributed by atoms with Crippen LogP contribution in [-0.4, -0.2) is 74.6 Å². The van der Waals surface area contributed by atoms with Crippen molar-refractivity contribution in [2.24, 2.45) is 0 Å². The van der Waals surface area contributed by atoms with E-state index < -0.39 is 5.97 Å². The maximum absolute atomic E-state index is 10.7. The summed E-state index contributed by atoms with van der Waals surface area (Å²) in [5.74, 6) is -1.02. The third kappa shape index (κ3) is 2.76. The number of carbonyl (C=O) groups is 1. The Labute approximate surface area is 111 Å². The quantitative estimate of drug-likeness (QED) is 0.809. The standard InChI is InChI=1S/C12H19N5O2/c18-12(19)11-9-17(14-13-11)7-5-15-4-6-16-3-1-2-10(16)8-15/h9-10H,1-8H2,(H,18,19). The van der Waals surface area contributed by atoms with Gasteiger partial charge in [0.15, 0.2) is 5.69 Å². The highest BCUT2D eigenvalue weighted by atomic mass is 16.4. The van der Waals surface area contributed by atoms with Gasteiger partial charge in [-0.25, -0.2) is 4.79 Å². The number of hydrogen-bond acceptors (Lipinski definition) is 5. The van der Waals surface area contributed by atoms with Gasteiger partial charge in [0.1, 0.15) is 0 Å². The number of aromatic carboxylic acids is 1. The van der Waals surface area contributed by atoms with Crippen LogP contribution in [0.25, 0.3) is 0 Å². The summed E-state index contributed by atoms with van der Waals surface area (Å²) in [5.41, 5.74) is 0.0145. The van der Waals surface area contributed by atoms with E-state index in [0.717, 1.165) is 32.2 Å². The van der Waals surface area contributed by atoms with Crippen LogP contribution in [0.5, 0.6) is 0 Å². The molecule has 2 aliphatic heterocycles. The van der Waals surface area contributed by atoms with E-state index in [9.17, 15) is 4.79 Å². The Balaban J connectivity index is 1.50. The van der Waals surface area contributed by atoms with Crippen molar-refractivity contribution >= 4 is 5.97 Å². The third-order valence-electron chi connectivity index (χ3n) is 4.07. The van der Waals surface area contributed by atoms with Crippen molar-refractivity contribution in [1.82, 2.24) is 24.8 Å². The minimum Gasteiger partial charge on any atom is -0.476 e. The van der Waals surface area contributed by atoms with Crippen LogP contribution in [0.15, 0.2) is 6.20 Å². The number of carboxylic acids is 1. The highest BCUT2D eigenvalue weighted by Gasteiger charge is 2.30. The maximum atomic E-state index is 10.7. The summed E-state index contributed by atoms with van der Waals surface area (Å²) in [5, 5.41) is 16.2. The molecule has 0 aromatic carbocycles. The highest BCUT2D eigenvalue weighted by molar-refractivity contribution is 5.84. The van der Waals surface area contributed by atoms with E-state index in [1.807, 2.05) is 0 Å². The molecular weight excluding hydrogens is 246 g/mol. The van der Waals surface area contributed by atoms with Crippen molar-refractivity contribution in [2.75, 3.05) is 32.7 Å². The maximum Gasteiger partial charge on any atom is 0.358 e. The Morgan fingerprint density at radius 3 is 3.05 bits per heavy atom. The molecule has 1 atom stereocenters. The summed E-state index contributed by atoms with van der Waals surface area (Å²) in [4.78, 5) is 15.7. The minimum absolute atomic E-state index is 0.0145. The first-order valence-electron chi connectivity index (χ1n) is 6.82. The van der Waals surface area contributed by atoms with E-state index in [0.29, 0.717) is 6.54 Å². The molecule has 3 heterocycles. The Hall–Kier alpha value is -1.47. The molecule has 0 bridgehead atoms. The first-order valence-corrected chi connectivity index (χ1v) is 6.82. The van der Waals surface area contributed by atoms with Gasteiger partial charge in [-0.1, -0.05) is 5.21 Å². The summed E-state index contributed by atoms with van der Waals surface area (Å²) < 4.78 is 1.62. The molecular formula is C12H19N5O2. The average Bonchev–Trinajstić information content (AvgIpc) is 3.04. The van der Waals surface area contributed by atoms with E-state index in [1.165, 1.54) is 25.6 Å². The first-order chi connectivity index (χ1) is 9.22. The summed E-state index contributed by atoms with van der Waals surface area (Å²) in [6.45, 7) is 6.24. The van der Waals surface area contributed by atoms with Gasteiger partial charge in [-0.15, -0.1) is 5.10 Å². The van der Waals surface area contributed by atoms with Crippen LogP contribution in [0.1, 0.15) is 23.3 Å². The van der Waals surface area contributed by atoms with Gasteiger partial charge < -0.3 is 5.11 Å². The van der Waals surface area contributed by atoms with Gasteiger partial charge >= 0.3 is 5.97 Å². The predicted octanol–water partition coefficient (Wildman–Crippen LogP) is -0.244. The lowest BCUT2D eigenvalue weighted by Crippen LogP contribution is -2.50. The number of rotatable bonds is 4. The monoisotopic (exact) mass is 265 g/mol. The number of fused-ring (bicyclic) bond motifs is 1. The number of piperazine rings is 1. The van der Waals surface area contributed by atoms with Crippen LogP contribution in [0.3, 0.4) is 0 Å². The molecule has 0 saturated carbocycles. The fourth-order valence-electron chi connectivity index (χ4n) is 3.01. The Morgan fingerprint density at radius 2 is 2.26 bits per heavy atom. The lowest BCUT2D eigenvalue weighted by molar-refractivity contribution is 0.0690. The normalized spacial score (nSPS) is 24.5. The Bertz CT molecular complexity index is 461. The van der Waals surface area contributed by atoms with Crippen molar-refractivity contribution in [2.45, 2.75) is 25.4 Å². The van der Waals surface area contributed by atoms with Crippen LogP contribution in [0.4, 0.5) is 0 Å². The number of nitrogens with zero attached hydrogens (tertiary/aromatic N) is 5. The molecule has 3 rings (SSSR count). The molecule has 2 fully saturated rings. The van der Waals surface area contributed by atoms with Gasteiger partial charge in [-0.3, -0.25) is 14.5 Å². The van der Waals surface area contributed by atoms with Crippen LogP contribution < -0.4 is 0 Å². The number of aromatic nitrogens is 3. The van der Waals surface area contributed by atoms with Crippen molar-refractivity contribution in [1.29, 1.82) is 0 Å². The van der Waals surface area contributed by atoms with Crippen molar-refractivity contribution in [3.8, 4) is 0 Å². The zero-order valence-corrected chi connectivity index (χ0v) is 10.9. The zero-order chi connectivity index (χ0) is 13.2. The molecule has 19 heavy (non-hydrogen) atoms. The second-order valence-corrected chi connectivity index (χ2v) is 5.30. The fraction of sp³-hybridized carbons (Fsp3) is 0.750. The smallest absolute Gasteiger partial charge is 0.358 e. The molecule has 7 nitrogen and oxygen atoms in total. The zero-order valence-electron chi connectivity index (χ0n) is 10.9. The molecule has 2 saturated heterocycles. The van der Waals surface area contributed by atoms with Crippen LogP contribution in [-0.2, 0) is 6.54 Å². The van der Waals surface area contributed by atoms with E-state index in [-0.39, 0.29) is 5.69 Å². The Kier molecular flexibility index (Phi) is 3.48. The average molecular weight is 265 g/mol. The molecule has 1 aromatic heterocycles. The molecule has 1 N–H and O–H groups in total. The number of hydrogen-bond donors (Lipinski definition) is 1. The molecule has 1 unspecified atom stereocenters. The van der Waals surface area contributed by atoms with Crippen LogP contribution in [0.2, 0.25) is 0 Å². The topological polar surface area (TPSA) is 74.5 Å². The lowest BCUT2D eigenvalue weighted by Gasteiger charge is -2.37. The van der Waals surface area contributed by atoms with Gasteiger partial charge in [0.2, 0.25) is 0 Å². The SMILES string of the molecule is O=C(O)c1cn(CCN2CCN3CCCC3C2)nn1. The summed E-state index contributed by atoms with van der Waals surface area (Å²) in [7, 11) is 0. The van der Waals surface area contributed by atoms with E-state index in [4.69, 9.17) is 5.11 Å². The Morgan fingerprint density at radius 1 is 1.37 bits per heavy atom. The lowest BCUT2D eigenvalue weighted by atomic mass is 10.1. The van der Waals surface area contributed by atoms with Crippen molar-refractivity contribution < 1.29 is 9.90 Å². The molecule has 0 aliphatic carbocycles. The summed E-state index contributed by atoms with van der Waals surface area (Å²) >= 11 is 0. The van der Waals surface area contributed by atoms with Crippen molar-refractivity contribution in [3.05, 3.63) is 11.9 Å². The second-order valence-electron chi connectivity index (χ2n) is 5.30. The summed E-state index contributed by atoms with van der Waals surface area (Å²) in [6, 6.07) is 0.721. The molecule has 2 aliphatic rings. The molecule has 7 heteroatoms. The van der Waals surface area contributed by atoms with Gasteiger partial charge in [0, 0.05) is 32.2 Å². The molecule has 104 valence electrons. The van der Waals surface area contributed by atoms with Gasteiger partial charge in [-0.05, 0) is 19.4 Å². The van der Waals surface area contributed by atoms with E-state index in [1.54, 1.807) is 4.68 Å².